The maximum Gasteiger partial charge on any atom is 0.273 e. The number of nitro groups is 1. The number of allylic oxidation sites excluding steroid dienone is 1. The van der Waals surface area contributed by atoms with Gasteiger partial charge in [-0.3, -0.25) is 15.5 Å². The van der Waals surface area contributed by atoms with Gasteiger partial charge in [0.1, 0.15) is 29.3 Å². The Hall–Kier alpha value is -3.84. The van der Waals surface area contributed by atoms with Crippen molar-refractivity contribution < 1.29 is 18.4 Å². The highest BCUT2D eigenvalue weighted by atomic mass is 35.5. The van der Waals surface area contributed by atoms with Gasteiger partial charge in [-0.05, 0) is 37.0 Å². The molecule has 0 spiro atoms. The van der Waals surface area contributed by atoms with Crippen molar-refractivity contribution >= 4 is 28.8 Å². The number of nitrogens with zero attached hydrogens (tertiary/aromatic N) is 4. The quantitative estimate of drug-likeness (QED) is 0.160. The molecule has 2 aromatic rings. The minimum atomic E-state index is -0.673. The van der Waals surface area contributed by atoms with Crippen molar-refractivity contribution in [3.05, 3.63) is 80.5 Å². The molecule has 1 aliphatic carbocycles. The fourth-order valence-corrected chi connectivity index (χ4v) is 4.08. The summed E-state index contributed by atoms with van der Waals surface area (Å²) in [6.07, 6.45) is 1.44. The van der Waals surface area contributed by atoms with Gasteiger partial charge < -0.3 is 9.64 Å². The molecule has 3 rings (SSSR count). The normalized spacial score (nSPS) is 15.3. The summed E-state index contributed by atoms with van der Waals surface area (Å²) in [7, 11) is 1.72. The van der Waals surface area contributed by atoms with Crippen LogP contribution < -0.4 is 4.74 Å². The summed E-state index contributed by atoms with van der Waals surface area (Å²) in [5.74, 6) is -1.47. The zero-order chi connectivity index (χ0) is 25.5. The van der Waals surface area contributed by atoms with E-state index in [0.717, 1.165) is 11.7 Å². The number of ether oxygens (including phenoxy) is 1. The number of aliphatic imine (C=N–C) groups is 1. The molecule has 0 radical (unpaired) electrons. The van der Waals surface area contributed by atoms with Gasteiger partial charge in [0.2, 0.25) is 0 Å². The topological polar surface area (TPSA) is 116 Å². The van der Waals surface area contributed by atoms with Gasteiger partial charge in [-0.2, -0.15) is 5.26 Å². The van der Waals surface area contributed by atoms with E-state index in [0.29, 0.717) is 42.6 Å². The summed E-state index contributed by atoms with van der Waals surface area (Å²) in [5, 5.41) is 28.8. The summed E-state index contributed by atoms with van der Waals surface area (Å²) in [4.78, 5) is 16.3. The Bertz CT molecular complexity index is 1240. The summed E-state index contributed by atoms with van der Waals surface area (Å²) in [6.45, 7) is 0.579. The van der Waals surface area contributed by atoms with E-state index in [2.05, 4.69) is 4.99 Å². The van der Waals surface area contributed by atoms with Crippen LogP contribution in [0.15, 0.2) is 52.7 Å². The molecule has 0 bridgehead atoms. The van der Waals surface area contributed by atoms with E-state index in [1.165, 1.54) is 30.3 Å². The van der Waals surface area contributed by atoms with Crippen LogP contribution in [0, 0.1) is 38.5 Å². The molecule has 0 aromatic heterocycles. The smallest absolute Gasteiger partial charge is 0.273 e. The second kappa shape index (κ2) is 11.5. The second-order valence-electron chi connectivity index (χ2n) is 7.87. The van der Waals surface area contributed by atoms with Gasteiger partial charge in [-0.1, -0.05) is 17.7 Å². The molecule has 1 N–H and O–H groups in total. The van der Waals surface area contributed by atoms with Crippen LogP contribution in [0.3, 0.4) is 0 Å². The van der Waals surface area contributed by atoms with E-state index in [1.807, 2.05) is 6.07 Å². The highest BCUT2D eigenvalue weighted by Gasteiger charge is 2.31. The average Bonchev–Trinajstić information content (AvgIpc) is 3.24. The lowest BCUT2D eigenvalue weighted by molar-refractivity contribution is -0.384. The molecule has 0 saturated heterocycles. The highest BCUT2D eigenvalue weighted by Crippen LogP contribution is 2.42. The number of hydrogen-bond acceptors (Lipinski definition) is 6. The number of nitro benzene ring substituents is 1. The molecule has 0 fully saturated rings. The van der Waals surface area contributed by atoms with Crippen LogP contribution in [0.2, 0.25) is 0 Å². The second-order valence-corrected chi connectivity index (χ2v) is 8.06. The van der Waals surface area contributed by atoms with E-state index in [1.54, 1.807) is 11.9 Å². The van der Waals surface area contributed by atoms with Gasteiger partial charge in [0.05, 0.1) is 34.5 Å². The molecule has 1 unspecified atom stereocenters. The van der Waals surface area contributed by atoms with Crippen LogP contribution in [0.5, 0.6) is 5.75 Å². The molecule has 0 amide bonds. The number of nitriles is 1. The first-order chi connectivity index (χ1) is 16.8. The minimum absolute atomic E-state index is 0.126. The Labute approximate surface area is 205 Å². The summed E-state index contributed by atoms with van der Waals surface area (Å²) < 4.78 is 33.3. The average molecular weight is 502 g/mol. The Morgan fingerprint density at radius 2 is 2.17 bits per heavy atom. The molecular weight excluding hydrogens is 480 g/mol. The number of nitrogens with one attached hydrogen (secondary N) is 1. The maximum absolute atomic E-state index is 14.4. The van der Waals surface area contributed by atoms with Crippen LogP contribution in [0.1, 0.15) is 36.3 Å². The standard InChI is InChI=1S/C24H22ClF2N5O3/c1-31(9-2-10-35-22-12-17(32(33)34)5-3-15(22)13-28)24(29)20-8-7-19(23(20)30-14-25)18-6-4-16(26)11-21(18)27/h3-6,11-12,14,19,29H,2,7-10H2,1H3/b29-24?,30-14+. The lowest BCUT2D eigenvalue weighted by Crippen LogP contribution is -2.29. The molecule has 1 aliphatic rings. The summed E-state index contributed by atoms with van der Waals surface area (Å²) >= 11 is 5.72. The highest BCUT2D eigenvalue weighted by molar-refractivity contribution is 6.56. The van der Waals surface area contributed by atoms with E-state index in [4.69, 9.17) is 21.7 Å². The fourth-order valence-electron chi connectivity index (χ4n) is 3.97. The first-order valence-electron chi connectivity index (χ1n) is 10.7. The van der Waals surface area contributed by atoms with E-state index >= 15 is 0 Å². The fraction of sp³-hybridized carbons (Fsp3) is 0.292. The molecule has 182 valence electrons. The van der Waals surface area contributed by atoms with Crippen molar-refractivity contribution in [1.82, 2.24) is 4.90 Å². The van der Waals surface area contributed by atoms with Gasteiger partial charge in [0, 0.05) is 37.2 Å². The van der Waals surface area contributed by atoms with Crippen molar-refractivity contribution in [3.63, 3.8) is 0 Å². The van der Waals surface area contributed by atoms with Crippen molar-refractivity contribution in [3.8, 4) is 11.8 Å². The summed E-state index contributed by atoms with van der Waals surface area (Å²) in [6, 6.07) is 9.12. The van der Waals surface area contributed by atoms with Crippen LogP contribution in [-0.4, -0.2) is 41.5 Å². The van der Waals surface area contributed by atoms with Crippen molar-refractivity contribution in [2.45, 2.75) is 25.2 Å². The van der Waals surface area contributed by atoms with Gasteiger partial charge >= 0.3 is 0 Å². The Morgan fingerprint density at radius 1 is 1.40 bits per heavy atom. The molecule has 2 aromatic carbocycles. The summed E-state index contributed by atoms with van der Waals surface area (Å²) in [5.41, 5.74) is 2.47. The third kappa shape index (κ3) is 6.00. The van der Waals surface area contributed by atoms with Crippen LogP contribution in [-0.2, 0) is 0 Å². The third-order valence-corrected chi connectivity index (χ3v) is 5.81. The number of rotatable bonds is 9. The molecule has 0 heterocycles. The Morgan fingerprint density at radius 3 is 2.83 bits per heavy atom. The van der Waals surface area contributed by atoms with E-state index < -0.39 is 22.5 Å². The zero-order valence-corrected chi connectivity index (χ0v) is 19.6. The van der Waals surface area contributed by atoms with Gasteiger partial charge in [0.15, 0.2) is 0 Å². The van der Waals surface area contributed by atoms with Crippen LogP contribution >= 0.6 is 11.6 Å². The lowest BCUT2D eigenvalue weighted by Gasteiger charge is -2.21. The first kappa shape index (κ1) is 25.8. The minimum Gasteiger partial charge on any atom is -0.492 e. The predicted octanol–water partition coefficient (Wildman–Crippen LogP) is 5.52. The maximum atomic E-state index is 14.4. The molecule has 35 heavy (non-hydrogen) atoms. The van der Waals surface area contributed by atoms with Crippen molar-refractivity contribution in [2.24, 2.45) is 4.99 Å². The predicted molar refractivity (Wildman–Crippen MR) is 128 cm³/mol. The molecule has 1 atom stereocenters. The number of benzene rings is 2. The third-order valence-electron chi connectivity index (χ3n) is 5.71. The van der Waals surface area contributed by atoms with Crippen molar-refractivity contribution in [1.29, 1.82) is 10.7 Å². The van der Waals surface area contributed by atoms with E-state index in [9.17, 15) is 24.2 Å². The van der Waals surface area contributed by atoms with Crippen molar-refractivity contribution in [2.75, 3.05) is 20.2 Å². The Balaban J connectivity index is 1.67. The van der Waals surface area contributed by atoms with E-state index in [-0.39, 0.29) is 29.4 Å². The van der Waals surface area contributed by atoms with Gasteiger partial charge in [-0.15, -0.1) is 0 Å². The van der Waals surface area contributed by atoms with Gasteiger partial charge in [-0.25, -0.2) is 13.8 Å². The largest absolute Gasteiger partial charge is 0.492 e. The molecule has 11 heteroatoms. The monoisotopic (exact) mass is 501 g/mol. The van der Waals surface area contributed by atoms with Crippen LogP contribution in [0.4, 0.5) is 14.5 Å². The SMILES string of the molecule is CN(CCCOc1cc([N+](=O)[O-])ccc1C#N)C(=N)C1=C(/N=C/Cl)C(c2ccc(F)cc2F)CC1. The first-order valence-corrected chi connectivity index (χ1v) is 11.1. The number of likely N-dealkylation sites (N-methyl/N-ethyl adjacent to an activating group) is 1. The number of non-ortho nitro benzene ring substituents is 1. The Kier molecular flexibility index (Phi) is 8.49. The molecule has 0 saturated carbocycles. The lowest BCUT2D eigenvalue weighted by atomic mass is 9.95. The zero-order valence-electron chi connectivity index (χ0n) is 18.8. The molecular formula is C24H22ClF2N5O3. The van der Waals surface area contributed by atoms with Crippen LogP contribution in [0.25, 0.3) is 0 Å². The molecule has 8 nitrogen and oxygen atoms in total. The van der Waals surface area contributed by atoms with Gasteiger partial charge in [0.25, 0.3) is 5.69 Å². The number of halogens is 3. The number of amidine groups is 1. The number of hydrogen-bond donors (Lipinski definition) is 1. The molecule has 0 aliphatic heterocycles.